The van der Waals surface area contributed by atoms with Gasteiger partial charge in [-0.2, -0.15) is 0 Å². The van der Waals surface area contributed by atoms with Crippen LogP contribution in [0, 0.1) is 6.92 Å². The number of aryl methyl sites for hydroxylation is 1. The Morgan fingerprint density at radius 2 is 2.08 bits per heavy atom. The maximum atomic E-state index is 11.7. The van der Waals surface area contributed by atoms with Crippen LogP contribution in [0.3, 0.4) is 0 Å². The van der Waals surface area contributed by atoms with Crippen LogP contribution in [0.5, 0.6) is 0 Å². The number of carbonyl (C=O) groups is 1. The zero-order valence-electron chi connectivity index (χ0n) is 14.0. The Morgan fingerprint density at radius 1 is 1.46 bits per heavy atom. The van der Waals surface area contributed by atoms with Gasteiger partial charge in [-0.15, -0.1) is 12.4 Å². The number of halogens is 2. The molecule has 0 bridgehead atoms. The standard InChI is InChI=1S/C15H22ClN5O2.ClH/c1-4-15(5-2)11(10-9(3)8-18-14(16)19-10)20-12(13(22)23)21(15)7-6-17;/h8,12H,4-7,17H2,1-3H3,(H,22,23);1H. The number of carboxylic acids is 1. The van der Waals surface area contributed by atoms with Gasteiger partial charge in [-0.25, -0.2) is 14.8 Å². The molecule has 0 radical (unpaired) electrons. The third-order valence-corrected chi connectivity index (χ3v) is 4.65. The summed E-state index contributed by atoms with van der Waals surface area (Å²) >= 11 is 5.94. The number of nitrogens with zero attached hydrogens (tertiary/aromatic N) is 4. The van der Waals surface area contributed by atoms with Crippen LogP contribution >= 0.6 is 24.0 Å². The third kappa shape index (κ3) is 3.39. The van der Waals surface area contributed by atoms with Gasteiger partial charge in [0.15, 0.2) is 0 Å². The van der Waals surface area contributed by atoms with E-state index in [1.165, 1.54) is 0 Å². The second-order valence-electron chi connectivity index (χ2n) is 5.58. The second kappa shape index (κ2) is 8.20. The number of hydrogen-bond donors (Lipinski definition) is 2. The van der Waals surface area contributed by atoms with Gasteiger partial charge < -0.3 is 10.8 Å². The predicted octanol–water partition coefficient (Wildman–Crippen LogP) is 1.89. The maximum absolute atomic E-state index is 11.7. The van der Waals surface area contributed by atoms with Crippen LogP contribution in [0.25, 0.3) is 0 Å². The van der Waals surface area contributed by atoms with E-state index in [4.69, 9.17) is 17.3 Å². The minimum Gasteiger partial charge on any atom is -0.479 e. The zero-order valence-corrected chi connectivity index (χ0v) is 15.6. The Hall–Kier alpha value is -1.28. The van der Waals surface area contributed by atoms with Crippen molar-refractivity contribution >= 4 is 35.7 Å². The molecule has 1 aromatic heterocycles. The number of aliphatic imine (C=N–C) groups is 1. The molecule has 24 heavy (non-hydrogen) atoms. The highest BCUT2D eigenvalue weighted by Crippen LogP contribution is 2.37. The second-order valence-corrected chi connectivity index (χ2v) is 5.92. The Balaban J connectivity index is 0.00000288. The van der Waals surface area contributed by atoms with Crippen molar-refractivity contribution in [2.24, 2.45) is 10.7 Å². The monoisotopic (exact) mass is 375 g/mol. The van der Waals surface area contributed by atoms with Crippen molar-refractivity contribution in [3.63, 3.8) is 0 Å². The van der Waals surface area contributed by atoms with Crippen LogP contribution in [0.1, 0.15) is 37.9 Å². The first-order valence-corrected chi connectivity index (χ1v) is 8.06. The van der Waals surface area contributed by atoms with Gasteiger partial charge in [0, 0.05) is 19.3 Å². The molecule has 1 atom stereocenters. The number of carboxylic acid groups (broad SMARTS) is 1. The lowest BCUT2D eigenvalue weighted by atomic mass is 9.83. The first kappa shape index (κ1) is 20.8. The van der Waals surface area contributed by atoms with E-state index < -0.39 is 17.7 Å². The molecule has 134 valence electrons. The fraction of sp³-hybridized carbons (Fsp3) is 0.600. The summed E-state index contributed by atoms with van der Waals surface area (Å²) < 4.78 is 0. The normalized spacial score (nSPS) is 19.7. The van der Waals surface area contributed by atoms with Gasteiger partial charge in [-0.1, -0.05) is 13.8 Å². The van der Waals surface area contributed by atoms with E-state index in [0.29, 0.717) is 37.3 Å². The quantitative estimate of drug-likeness (QED) is 0.735. The van der Waals surface area contributed by atoms with Crippen molar-refractivity contribution in [2.45, 2.75) is 45.3 Å². The largest absolute Gasteiger partial charge is 0.479 e. The smallest absolute Gasteiger partial charge is 0.343 e. The summed E-state index contributed by atoms with van der Waals surface area (Å²) in [6, 6.07) is 0. The topological polar surface area (TPSA) is 105 Å². The Labute approximate surface area is 152 Å². The first-order chi connectivity index (χ1) is 10.9. The molecule has 0 saturated heterocycles. The van der Waals surface area contributed by atoms with E-state index in [9.17, 15) is 9.90 Å². The molecule has 0 aliphatic carbocycles. The van der Waals surface area contributed by atoms with Gasteiger partial charge in [0.25, 0.3) is 0 Å². The average molecular weight is 376 g/mol. The predicted molar refractivity (Wildman–Crippen MR) is 96.1 cm³/mol. The van der Waals surface area contributed by atoms with Crippen LogP contribution in [0.4, 0.5) is 0 Å². The van der Waals surface area contributed by atoms with Gasteiger partial charge in [0.05, 0.1) is 16.9 Å². The summed E-state index contributed by atoms with van der Waals surface area (Å²) in [6.45, 7) is 6.71. The minimum absolute atomic E-state index is 0. The fourth-order valence-electron chi connectivity index (χ4n) is 3.28. The fourth-order valence-corrected chi connectivity index (χ4v) is 3.41. The molecule has 0 aromatic carbocycles. The van der Waals surface area contributed by atoms with Crippen LogP contribution < -0.4 is 5.73 Å². The summed E-state index contributed by atoms with van der Waals surface area (Å²) in [5, 5.41) is 9.70. The van der Waals surface area contributed by atoms with E-state index in [-0.39, 0.29) is 17.7 Å². The van der Waals surface area contributed by atoms with Gasteiger partial charge in [0.1, 0.15) is 0 Å². The summed E-state index contributed by atoms with van der Waals surface area (Å²) in [5.41, 5.74) is 7.27. The summed E-state index contributed by atoms with van der Waals surface area (Å²) in [4.78, 5) is 26.3. The number of hydrogen-bond acceptors (Lipinski definition) is 6. The number of aromatic nitrogens is 2. The first-order valence-electron chi connectivity index (χ1n) is 7.68. The highest BCUT2D eigenvalue weighted by Gasteiger charge is 2.50. The van der Waals surface area contributed by atoms with Crippen LogP contribution in [0.2, 0.25) is 5.28 Å². The molecule has 1 aliphatic heterocycles. The highest BCUT2D eigenvalue weighted by atomic mass is 35.5. The Morgan fingerprint density at radius 3 is 2.58 bits per heavy atom. The van der Waals surface area contributed by atoms with Crippen molar-refractivity contribution in [1.82, 2.24) is 14.9 Å². The Kier molecular flexibility index (Phi) is 7.10. The van der Waals surface area contributed by atoms with Crippen molar-refractivity contribution < 1.29 is 9.90 Å². The molecule has 1 unspecified atom stereocenters. The van der Waals surface area contributed by atoms with Crippen molar-refractivity contribution in [3.8, 4) is 0 Å². The molecule has 7 nitrogen and oxygen atoms in total. The van der Waals surface area contributed by atoms with Gasteiger partial charge in [0.2, 0.25) is 11.4 Å². The van der Waals surface area contributed by atoms with Crippen LogP contribution in [-0.2, 0) is 4.79 Å². The minimum atomic E-state index is -0.988. The highest BCUT2D eigenvalue weighted by molar-refractivity contribution is 6.28. The van der Waals surface area contributed by atoms with Gasteiger partial charge in [-0.3, -0.25) is 9.89 Å². The van der Waals surface area contributed by atoms with E-state index in [2.05, 4.69) is 15.0 Å². The Bertz CT molecular complexity index is 634. The molecule has 0 fully saturated rings. The maximum Gasteiger partial charge on any atom is 0.343 e. The molecule has 3 N–H and O–H groups in total. The van der Waals surface area contributed by atoms with E-state index >= 15 is 0 Å². The molecule has 0 spiro atoms. The summed E-state index contributed by atoms with van der Waals surface area (Å²) in [5.74, 6) is -0.988. The van der Waals surface area contributed by atoms with Crippen molar-refractivity contribution in [3.05, 3.63) is 22.7 Å². The van der Waals surface area contributed by atoms with E-state index in [0.717, 1.165) is 5.56 Å². The molecule has 2 heterocycles. The molecule has 2 rings (SSSR count). The lowest BCUT2D eigenvalue weighted by molar-refractivity contribution is -0.143. The summed E-state index contributed by atoms with van der Waals surface area (Å²) in [7, 11) is 0. The van der Waals surface area contributed by atoms with Crippen LogP contribution in [-0.4, -0.2) is 56.4 Å². The molecular formula is C15H23Cl2N5O2. The number of aliphatic carboxylic acids is 1. The molecule has 0 saturated carbocycles. The lowest BCUT2D eigenvalue weighted by Gasteiger charge is -2.39. The van der Waals surface area contributed by atoms with Gasteiger partial charge >= 0.3 is 5.97 Å². The zero-order chi connectivity index (χ0) is 17.2. The number of rotatable bonds is 6. The summed E-state index contributed by atoms with van der Waals surface area (Å²) in [6.07, 6.45) is 2.08. The number of nitrogens with two attached hydrogens (primary N) is 1. The molecule has 9 heteroatoms. The van der Waals surface area contributed by atoms with Crippen molar-refractivity contribution in [2.75, 3.05) is 13.1 Å². The molecule has 1 aromatic rings. The molecule has 0 amide bonds. The SMILES string of the molecule is CCC1(CC)C(c2nc(Cl)ncc2C)=NC(C(=O)O)N1CCN.Cl. The van der Waals surface area contributed by atoms with Crippen molar-refractivity contribution in [1.29, 1.82) is 0 Å². The molecular weight excluding hydrogens is 353 g/mol. The lowest BCUT2D eigenvalue weighted by Crippen LogP contribution is -2.55. The van der Waals surface area contributed by atoms with E-state index in [1.54, 1.807) is 6.20 Å². The van der Waals surface area contributed by atoms with Crippen LogP contribution in [0.15, 0.2) is 11.2 Å². The molecule has 1 aliphatic rings. The van der Waals surface area contributed by atoms with E-state index in [1.807, 2.05) is 25.7 Å². The van der Waals surface area contributed by atoms with Gasteiger partial charge in [-0.05, 0) is 36.9 Å². The average Bonchev–Trinajstić information content (AvgIpc) is 2.85. The third-order valence-electron chi connectivity index (χ3n) is 4.46.